The minimum atomic E-state index is -0.863. The molecule has 0 aliphatic heterocycles. The zero-order valence-electron chi connectivity index (χ0n) is 10.8. The summed E-state index contributed by atoms with van der Waals surface area (Å²) in [5.41, 5.74) is 0. The van der Waals surface area contributed by atoms with Crippen molar-refractivity contribution in [1.29, 1.82) is 0 Å². The van der Waals surface area contributed by atoms with Gasteiger partial charge >= 0.3 is 12.0 Å². The summed E-state index contributed by atoms with van der Waals surface area (Å²) in [4.78, 5) is 26.3. The van der Waals surface area contributed by atoms with Gasteiger partial charge in [0.1, 0.15) is 0 Å². The van der Waals surface area contributed by atoms with Crippen LogP contribution in [0.2, 0.25) is 0 Å². The lowest BCUT2D eigenvalue weighted by Gasteiger charge is -2.32. The highest BCUT2D eigenvalue weighted by Gasteiger charge is 2.34. The van der Waals surface area contributed by atoms with Crippen LogP contribution in [0.5, 0.6) is 0 Å². The van der Waals surface area contributed by atoms with Crippen LogP contribution in [-0.4, -0.2) is 52.1 Å². The topological polar surface area (TPSA) is 60.9 Å². The monoisotopic (exact) mass is 242 g/mol. The molecule has 0 bridgehead atoms. The average Bonchev–Trinajstić information content (AvgIpc) is 3.02. The van der Waals surface area contributed by atoms with E-state index >= 15 is 0 Å². The fraction of sp³-hybridized carbons (Fsp3) is 0.833. The van der Waals surface area contributed by atoms with E-state index in [0.717, 1.165) is 12.8 Å². The Hall–Kier alpha value is -1.26. The Balaban J connectivity index is 2.61. The first-order valence-corrected chi connectivity index (χ1v) is 6.26. The lowest BCUT2D eigenvalue weighted by Crippen LogP contribution is -2.48. The van der Waals surface area contributed by atoms with Gasteiger partial charge in [-0.25, -0.2) is 4.79 Å². The predicted octanol–water partition coefficient (Wildman–Crippen LogP) is 1.78. The van der Waals surface area contributed by atoms with Crippen LogP contribution in [-0.2, 0) is 4.79 Å². The van der Waals surface area contributed by atoms with E-state index in [0.29, 0.717) is 12.6 Å². The second kappa shape index (κ2) is 5.89. The highest BCUT2D eigenvalue weighted by atomic mass is 16.4. The van der Waals surface area contributed by atoms with Crippen molar-refractivity contribution in [3.63, 3.8) is 0 Å². The fourth-order valence-electron chi connectivity index (χ4n) is 1.89. The molecule has 0 aromatic carbocycles. The van der Waals surface area contributed by atoms with Crippen molar-refractivity contribution < 1.29 is 14.7 Å². The van der Waals surface area contributed by atoms with Crippen molar-refractivity contribution in [2.75, 3.05) is 13.1 Å². The molecule has 0 unspecified atom stereocenters. The van der Waals surface area contributed by atoms with Gasteiger partial charge in [0, 0.05) is 25.2 Å². The third-order valence-corrected chi connectivity index (χ3v) is 3.01. The van der Waals surface area contributed by atoms with E-state index in [4.69, 9.17) is 5.11 Å². The molecule has 1 aliphatic carbocycles. The minimum absolute atomic E-state index is 0.00609. The molecule has 5 heteroatoms. The Bertz CT molecular complexity index is 287. The normalized spacial score (nSPS) is 14.8. The Labute approximate surface area is 102 Å². The van der Waals surface area contributed by atoms with Crippen molar-refractivity contribution in [3.05, 3.63) is 0 Å². The molecule has 0 radical (unpaired) electrons. The first-order chi connectivity index (χ1) is 7.97. The molecule has 98 valence electrons. The highest BCUT2D eigenvalue weighted by molar-refractivity contribution is 5.76. The van der Waals surface area contributed by atoms with Crippen molar-refractivity contribution in [1.82, 2.24) is 9.80 Å². The quantitative estimate of drug-likeness (QED) is 0.772. The average molecular weight is 242 g/mol. The molecule has 5 nitrogen and oxygen atoms in total. The summed E-state index contributed by atoms with van der Waals surface area (Å²) in [6.07, 6.45) is 2.15. The number of nitrogens with zero attached hydrogens (tertiary/aromatic N) is 2. The number of carboxylic acids is 1. The van der Waals surface area contributed by atoms with E-state index in [1.165, 1.54) is 0 Å². The van der Waals surface area contributed by atoms with Gasteiger partial charge in [-0.05, 0) is 33.6 Å². The van der Waals surface area contributed by atoms with Crippen LogP contribution in [0.1, 0.15) is 40.0 Å². The molecule has 1 aliphatic rings. The van der Waals surface area contributed by atoms with Gasteiger partial charge in [-0.3, -0.25) is 4.79 Å². The van der Waals surface area contributed by atoms with E-state index in [1.54, 1.807) is 4.90 Å². The molecule has 0 saturated heterocycles. The zero-order chi connectivity index (χ0) is 13.0. The lowest BCUT2D eigenvalue weighted by atomic mass is 10.3. The molecule has 1 N–H and O–H groups in total. The molecular weight excluding hydrogens is 220 g/mol. The number of rotatable bonds is 6. The number of hydrogen-bond acceptors (Lipinski definition) is 2. The van der Waals surface area contributed by atoms with Gasteiger partial charge < -0.3 is 14.9 Å². The van der Waals surface area contributed by atoms with Gasteiger partial charge in [-0.15, -0.1) is 0 Å². The molecule has 1 fully saturated rings. The maximum Gasteiger partial charge on any atom is 0.320 e. The molecule has 1 rings (SSSR count). The van der Waals surface area contributed by atoms with Crippen LogP contribution in [0.25, 0.3) is 0 Å². The molecule has 0 atom stereocenters. The van der Waals surface area contributed by atoms with E-state index in [-0.39, 0.29) is 25.0 Å². The third-order valence-electron chi connectivity index (χ3n) is 3.01. The van der Waals surface area contributed by atoms with Gasteiger partial charge in [-0.1, -0.05) is 0 Å². The van der Waals surface area contributed by atoms with Crippen LogP contribution >= 0.6 is 0 Å². The smallest absolute Gasteiger partial charge is 0.320 e. The number of aliphatic carboxylic acids is 1. The Morgan fingerprint density at radius 1 is 1.35 bits per heavy atom. The lowest BCUT2D eigenvalue weighted by molar-refractivity contribution is -0.137. The number of carbonyl (C=O) groups is 2. The van der Waals surface area contributed by atoms with Gasteiger partial charge in [0.2, 0.25) is 0 Å². The predicted molar refractivity (Wildman–Crippen MR) is 64.9 cm³/mol. The molecule has 0 heterocycles. The number of carbonyl (C=O) groups excluding carboxylic acids is 1. The summed E-state index contributed by atoms with van der Waals surface area (Å²) >= 11 is 0. The Morgan fingerprint density at radius 2 is 1.94 bits per heavy atom. The van der Waals surface area contributed by atoms with Gasteiger partial charge in [0.15, 0.2) is 0 Å². The van der Waals surface area contributed by atoms with Crippen molar-refractivity contribution in [2.24, 2.45) is 0 Å². The zero-order valence-corrected chi connectivity index (χ0v) is 10.8. The molecule has 0 aromatic rings. The minimum Gasteiger partial charge on any atom is -0.481 e. The van der Waals surface area contributed by atoms with Crippen molar-refractivity contribution in [3.8, 4) is 0 Å². The van der Waals surface area contributed by atoms with E-state index in [1.807, 2.05) is 25.7 Å². The summed E-state index contributed by atoms with van der Waals surface area (Å²) in [5.74, 6) is -0.863. The van der Waals surface area contributed by atoms with Gasteiger partial charge in [0.05, 0.1) is 6.42 Å². The van der Waals surface area contributed by atoms with Crippen LogP contribution < -0.4 is 0 Å². The SMILES string of the molecule is CCN(C(=O)N(CCC(=O)O)C(C)C)C1CC1. The van der Waals surface area contributed by atoms with Crippen LogP contribution in [0, 0.1) is 0 Å². The summed E-state index contributed by atoms with van der Waals surface area (Å²) < 4.78 is 0. The van der Waals surface area contributed by atoms with Crippen molar-refractivity contribution >= 4 is 12.0 Å². The first kappa shape index (κ1) is 13.8. The maximum absolute atomic E-state index is 12.3. The number of hydrogen-bond donors (Lipinski definition) is 1. The maximum atomic E-state index is 12.3. The van der Waals surface area contributed by atoms with E-state index < -0.39 is 5.97 Å². The van der Waals surface area contributed by atoms with E-state index in [2.05, 4.69) is 0 Å². The van der Waals surface area contributed by atoms with Gasteiger partial charge in [-0.2, -0.15) is 0 Å². The van der Waals surface area contributed by atoms with Crippen LogP contribution in [0.3, 0.4) is 0 Å². The van der Waals surface area contributed by atoms with Gasteiger partial charge in [0.25, 0.3) is 0 Å². The largest absolute Gasteiger partial charge is 0.481 e. The highest BCUT2D eigenvalue weighted by Crippen LogP contribution is 2.27. The van der Waals surface area contributed by atoms with Crippen molar-refractivity contribution in [2.45, 2.75) is 52.1 Å². The Morgan fingerprint density at radius 3 is 2.29 bits per heavy atom. The summed E-state index contributed by atoms with van der Waals surface area (Å²) in [7, 11) is 0. The van der Waals surface area contributed by atoms with Crippen LogP contribution in [0.15, 0.2) is 0 Å². The molecule has 0 aromatic heterocycles. The van der Waals surface area contributed by atoms with Crippen LogP contribution in [0.4, 0.5) is 4.79 Å². The molecular formula is C12H22N2O3. The second-order valence-electron chi connectivity index (χ2n) is 4.73. The second-order valence-corrected chi connectivity index (χ2v) is 4.73. The third kappa shape index (κ3) is 3.91. The number of urea groups is 1. The summed E-state index contributed by atoms with van der Waals surface area (Å²) in [6, 6.07) is 0.388. The molecule has 17 heavy (non-hydrogen) atoms. The summed E-state index contributed by atoms with van der Waals surface area (Å²) in [6.45, 7) is 6.78. The first-order valence-electron chi connectivity index (χ1n) is 6.26. The molecule has 1 saturated carbocycles. The molecule has 0 spiro atoms. The van der Waals surface area contributed by atoms with E-state index in [9.17, 15) is 9.59 Å². The number of amides is 2. The fourth-order valence-corrected chi connectivity index (χ4v) is 1.89. The number of carboxylic acid groups (broad SMARTS) is 1. The standard InChI is InChI=1S/C12H22N2O3/c1-4-13(10-5-6-10)12(17)14(9(2)3)8-7-11(15)16/h9-10H,4-8H2,1-3H3,(H,15,16). The Kier molecular flexibility index (Phi) is 4.78. The summed E-state index contributed by atoms with van der Waals surface area (Å²) in [5, 5.41) is 8.69. The molecule has 2 amide bonds.